The molecule has 2 nitrogen and oxygen atoms in total. The fraction of sp³-hybridized carbons (Fsp3) is 0.600. The van der Waals surface area contributed by atoms with Crippen molar-refractivity contribution < 1.29 is 0 Å². The topological polar surface area (TPSA) is 29.3 Å². The van der Waals surface area contributed by atoms with Gasteiger partial charge in [0.1, 0.15) is 0 Å². The average molecular weight is 277 g/mol. The van der Waals surface area contributed by atoms with Crippen LogP contribution < -0.4 is 5.73 Å². The Morgan fingerprint density at radius 2 is 2.36 bits per heavy atom. The Labute approximate surface area is 98.2 Å². The van der Waals surface area contributed by atoms with Crippen LogP contribution in [0.4, 0.5) is 0 Å². The Hall–Kier alpha value is 0.100. The third-order valence-corrected chi connectivity index (χ3v) is 3.94. The molecule has 0 aliphatic carbocycles. The number of hydrogen-bond donors (Lipinski definition) is 1. The van der Waals surface area contributed by atoms with Crippen LogP contribution in [0.3, 0.4) is 0 Å². The zero-order valence-corrected chi connectivity index (χ0v) is 11.1. The largest absolute Gasteiger partial charge is 0.330 e. The van der Waals surface area contributed by atoms with Gasteiger partial charge in [-0.25, -0.2) is 0 Å². The smallest absolute Gasteiger partial charge is 0.0701 e. The SMILES string of the molecule is CC(CCN)N(C)Cc1csc(Br)c1. The van der Waals surface area contributed by atoms with E-state index in [9.17, 15) is 0 Å². The van der Waals surface area contributed by atoms with Crippen molar-refractivity contribution in [2.45, 2.75) is 25.9 Å². The molecule has 80 valence electrons. The molecule has 0 radical (unpaired) electrons. The molecular weight excluding hydrogens is 260 g/mol. The first kappa shape index (κ1) is 12.2. The predicted octanol–water partition coefficient (Wildman–Crippen LogP) is 2.68. The minimum atomic E-state index is 0.554. The maximum absolute atomic E-state index is 5.53. The van der Waals surface area contributed by atoms with Crippen LogP contribution in [-0.4, -0.2) is 24.5 Å². The standard InChI is InChI=1S/C10H17BrN2S/c1-8(3-4-12)13(2)6-9-5-10(11)14-7-9/h5,7-8H,3-4,6,12H2,1-2H3. The van der Waals surface area contributed by atoms with Crippen LogP contribution in [-0.2, 0) is 6.54 Å². The molecule has 1 heterocycles. The lowest BCUT2D eigenvalue weighted by molar-refractivity contribution is 0.240. The van der Waals surface area contributed by atoms with E-state index in [4.69, 9.17) is 5.73 Å². The zero-order chi connectivity index (χ0) is 10.6. The van der Waals surface area contributed by atoms with Gasteiger partial charge in [0.15, 0.2) is 0 Å². The normalized spacial score (nSPS) is 13.5. The summed E-state index contributed by atoms with van der Waals surface area (Å²) in [6.07, 6.45) is 1.06. The summed E-state index contributed by atoms with van der Waals surface area (Å²) in [7, 11) is 2.14. The van der Waals surface area contributed by atoms with Gasteiger partial charge < -0.3 is 5.73 Å². The van der Waals surface area contributed by atoms with Gasteiger partial charge in [-0.05, 0) is 59.9 Å². The minimum Gasteiger partial charge on any atom is -0.330 e. The van der Waals surface area contributed by atoms with Crippen LogP contribution in [0.1, 0.15) is 18.9 Å². The number of hydrogen-bond acceptors (Lipinski definition) is 3. The Morgan fingerprint density at radius 1 is 1.64 bits per heavy atom. The lowest BCUT2D eigenvalue weighted by atomic mass is 10.2. The maximum Gasteiger partial charge on any atom is 0.0701 e. The van der Waals surface area contributed by atoms with Gasteiger partial charge >= 0.3 is 0 Å². The third-order valence-electron chi connectivity index (χ3n) is 2.39. The molecule has 1 aromatic heterocycles. The number of nitrogens with two attached hydrogens (primary N) is 1. The van der Waals surface area contributed by atoms with Crippen LogP contribution in [0, 0.1) is 0 Å². The van der Waals surface area contributed by atoms with Crippen molar-refractivity contribution in [2.24, 2.45) is 5.73 Å². The van der Waals surface area contributed by atoms with Gasteiger partial charge in [0.25, 0.3) is 0 Å². The first-order chi connectivity index (χ1) is 6.63. The molecule has 0 aromatic carbocycles. The number of nitrogens with zero attached hydrogens (tertiary/aromatic N) is 1. The fourth-order valence-corrected chi connectivity index (χ4v) is 2.53. The molecular formula is C10H17BrN2S. The highest BCUT2D eigenvalue weighted by molar-refractivity contribution is 9.11. The summed E-state index contributed by atoms with van der Waals surface area (Å²) in [5.74, 6) is 0. The van der Waals surface area contributed by atoms with Crippen LogP contribution in [0.25, 0.3) is 0 Å². The Morgan fingerprint density at radius 3 is 2.86 bits per heavy atom. The first-order valence-electron chi connectivity index (χ1n) is 4.76. The van der Waals surface area contributed by atoms with E-state index in [2.05, 4.69) is 46.2 Å². The minimum absolute atomic E-state index is 0.554. The van der Waals surface area contributed by atoms with Crippen molar-refractivity contribution in [2.75, 3.05) is 13.6 Å². The van der Waals surface area contributed by atoms with Gasteiger partial charge in [-0.15, -0.1) is 11.3 Å². The zero-order valence-electron chi connectivity index (χ0n) is 8.66. The monoisotopic (exact) mass is 276 g/mol. The molecule has 0 spiro atoms. The first-order valence-corrected chi connectivity index (χ1v) is 6.44. The van der Waals surface area contributed by atoms with E-state index in [1.54, 1.807) is 11.3 Å². The summed E-state index contributed by atoms with van der Waals surface area (Å²) in [6, 6.07) is 2.73. The highest BCUT2D eigenvalue weighted by Crippen LogP contribution is 2.22. The summed E-state index contributed by atoms with van der Waals surface area (Å²) in [6.45, 7) is 3.98. The van der Waals surface area contributed by atoms with E-state index >= 15 is 0 Å². The third kappa shape index (κ3) is 3.69. The molecule has 0 fully saturated rings. The van der Waals surface area contributed by atoms with Crippen molar-refractivity contribution in [3.05, 3.63) is 20.8 Å². The van der Waals surface area contributed by atoms with Crippen LogP contribution in [0.15, 0.2) is 15.2 Å². The van der Waals surface area contributed by atoms with E-state index in [-0.39, 0.29) is 0 Å². The van der Waals surface area contributed by atoms with E-state index in [1.807, 2.05) is 0 Å². The molecule has 0 amide bonds. The van der Waals surface area contributed by atoms with Crippen LogP contribution in [0.2, 0.25) is 0 Å². The Kier molecular flexibility index (Phi) is 5.09. The van der Waals surface area contributed by atoms with Crippen molar-refractivity contribution in [1.29, 1.82) is 0 Å². The molecule has 0 aliphatic heterocycles. The molecule has 1 aromatic rings. The number of halogens is 1. The summed E-state index contributed by atoms with van der Waals surface area (Å²) >= 11 is 5.21. The molecule has 0 aliphatic rings. The van der Waals surface area contributed by atoms with Crippen LogP contribution in [0.5, 0.6) is 0 Å². The van der Waals surface area contributed by atoms with Gasteiger partial charge in [0, 0.05) is 12.6 Å². The van der Waals surface area contributed by atoms with Gasteiger partial charge in [-0.1, -0.05) is 0 Å². The van der Waals surface area contributed by atoms with Crippen molar-refractivity contribution in [3.8, 4) is 0 Å². The molecule has 1 rings (SSSR count). The van der Waals surface area contributed by atoms with Crippen molar-refractivity contribution in [3.63, 3.8) is 0 Å². The second-order valence-electron chi connectivity index (χ2n) is 3.60. The summed E-state index contributed by atoms with van der Waals surface area (Å²) in [5, 5.41) is 2.19. The molecule has 2 N–H and O–H groups in total. The molecule has 1 atom stereocenters. The van der Waals surface area contributed by atoms with Crippen molar-refractivity contribution in [1.82, 2.24) is 4.90 Å². The van der Waals surface area contributed by atoms with E-state index in [0.29, 0.717) is 6.04 Å². The predicted molar refractivity (Wildman–Crippen MR) is 66.6 cm³/mol. The van der Waals surface area contributed by atoms with Gasteiger partial charge in [0.2, 0.25) is 0 Å². The van der Waals surface area contributed by atoms with Crippen LogP contribution >= 0.6 is 27.3 Å². The summed E-state index contributed by atoms with van der Waals surface area (Å²) in [4.78, 5) is 2.33. The lowest BCUT2D eigenvalue weighted by Crippen LogP contribution is -2.30. The Bertz CT molecular complexity index is 275. The molecule has 0 bridgehead atoms. The van der Waals surface area contributed by atoms with E-state index in [1.165, 1.54) is 9.35 Å². The number of rotatable bonds is 5. The highest BCUT2D eigenvalue weighted by atomic mass is 79.9. The molecule has 0 saturated heterocycles. The van der Waals surface area contributed by atoms with Gasteiger partial charge in [0.05, 0.1) is 3.79 Å². The molecule has 14 heavy (non-hydrogen) atoms. The second kappa shape index (κ2) is 5.85. The molecule has 0 saturated carbocycles. The van der Waals surface area contributed by atoms with E-state index in [0.717, 1.165) is 19.5 Å². The summed E-state index contributed by atoms with van der Waals surface area (Å²) < 4.78 is 1.20. The fourth-order valence-electron chi connectivity index (χ4n) is 1.33. The quantitative estimate of drug-likeness (QED) is 0.896. The lowest BCUT2D eigenvalue weighted by Gasteiger charge is -2.23. The highest BCUT2D eigenvalue weighted by Gasteiger charge is 2.09. The van der Waals surface area contributed by atoms with Gasteiger partial charge in [-0.2, -0.15) is 0 Å². The van der Waals surface area contributed by atoms with E-state index < -0.39 is 0 Å². The number of thiophene rings is 1. The molecule has 4 heteroatoms. The molecule has 1 unspecified atom stereocenters. The summed E-state index contributed by atoms with van der Waals surface area (Å²) in [5.41, 5.74) is 6.90. The maximum atomic E-state index is 5.53. The Balaban J connectivity index is 2.43. The second-order valence-corrected chi connectivity index (χ2v) is 5.89. The average Bonchev–Trinajstić information content (AvgIpc) is 2.51. The van der Waals surface area contributed by atoms with Gasteiger partial charge in [-0.3, -0.25) is 4.90 Å². The van der Waals surface area contributed by atoms with Crippen molar-refractivity contribution >= 4 is 27.3 Å².